The molecule has 3 rings (SSSR count). The minimum absolute atomic E-state index is 0.0892. The van der Waals surface area contributed by atoms with Crippen LogP contribution in [0.5, 0.6) is 17.2 Å². The van der Waals surface area contributed by atoms with Crippen LogP contribution in [0.15, 0.2) is 47.0 Å². The number of rotatable bonds is 9. The molecule has 30 heavy (non-hydrogen) atoms. The third-order valence-electron chi connectivity index (χ3n) is 4.02. The molecule has 0 bridgehead atoms. The van der Waals surface area contributed by atoms with E-state index < -0.39 is 10.9 Å². The molecule has 0 aliphatic rings. The zero-order chi connectivity index (χ0) is 21.5. The van der Waals surface area contributed by atoms with Gasteiger partial charge in [0.05, 0.1) is 31.1 Å². The number of benzene rings is 2. The summed E-state index contributed by atoms with van der Waals surface area (Å²) in [6.45, 7) is 2.47. The smallest absolute Gasteiger partial charge is 0.315 e. The van der Waals surface area contributed by atoms with Crippen LogP contribution in [0.1, 0.15) is 19.2 Å². The molecule has 0 fully saturated rings. The van der Waals surface area contributed by atoms with E-state index in [1.54, 1.807) is 24.3 Å². The van der Waals surface area contributed by atoms with Crippen molar-refractivity contribution in [3.05, 3.63) is 58.5 Å². The third kappa shape index (κ3) is 5.10. The van der Waals surface area contributed by atoms with Gasteiger partial charge in [-0.3, -0.25) is 14.9 Å². The van der Waals surface area contributed by atoms with Gasteiger partial charge < -0.3 is 18.7 Å². The highest BCUT2D eigenvalue weighted by Crippen LogP contribution is 2.31. The summed E-state index contributed by atoms with van der Waals surface area (Å²) in [4.78, 5) is 26.9. The average Bonchev–Trinajstić information content (AvgIpc) is 3.22. The fourth-order valence-corrected chi connectivity index (χ4v) is 2.58. The Morgan fingerprint density at radius 2 is 1.90 bits per heavy atom. The maximum atomic E-state index is 12.1. The molecule has 0 aliphatic heterocycles. The predicted octanol–water partition coefficient (Wildman–Crippen LogP) is 3.59. The van der Waals surface area contributed by atoms with Crippen LogP contribution in [-0.4, -0.2) is 34.7 Å². The number of esters is 1. The Morgan fingerprint density at radius 1 is 1.17 bits per heavy atom. The molecule has 0 atom stereocenters. The minimum Gasteiger partial charge on any atom is -0.496 e. The van der Waals surface area contributed by atoms with Gasteiger partial charge in [0, 0.05) is 12.0 Å². The second kappa shape index (κ2) is 9.50. The molecule has 0 saturated carbocycles. The number of nitrogens with zero attached hydrogens (tertiary/aromatic N) is 3. The third-order valence-corrected chi connectivity index (χ3v) is 4.02. The van der Waals surface area contributed by atoms with Crippen LogP contribution < -0.4 is 14.2 Å². The maximum absolute atomic E-state index is 12.1. The number of hydrogen-bond donors (Lipinski definition) is 0. The van der Waals surface area contributed by atoms with Crippen molar-refractivity contribution in [2.45, 2.75) is 19.8 Å². The molecule has 1 heterocycles. The van der Waals surface area contributed by atoms with Crippen LogP contribution in [-0.2, 0) is 11.2 Å². The monoisotopic (exact) mass is 413 g/mol. The van der Waals surface area contributed by atoms with E-state index in [-0.39, 0.29) is 35.9 Å². The molecule has 2 aromatic carbocycles. The Hall–Kier alpha value is -3.95. The Bertz CT molecular complexity index is 1030. The number of hydrogen-bond acceptors (Lipinski definition) is 9. The van der Waals surface area contributed by atoms with Gasteiger partial charge in [0.1, 0.15) is 11.5 Å². The van der Waals surface area contributed by atoms with Gasteiger partial charge >= 0.3 is 11.7 Å². The number of ether oxygens (including phenoxy) is 3. The van der Waals surface area contributed by atoms with E-state index in [0.29, 0.717) is 12.4 Å². The normalized spacial score (nSPS) is 10.5. The summed E-state index contributed by atoms with van der Waals surface area (Å²) < 4.78 is 20.6. The molecule has 0 radical (unpaired) electrons. The van der Waals surface area contributed by atoms with E-state index in [9.17, 15) is 14.9 Å². The Balaban J connectivity index is 1.60. The van der Waals surface area contributed by atoms with Gasteiger partial charge in [-0.2, -0.15) is 4.98 Å². The molecule has 0 N–H and O–H groups in total. The first-order valence-corrected chi connectivity index (χ1v) is 9.09. The summed E-state index contributed by atoms with van der Waals surface area (Å²) in [6.07, 6.45) is 0.0426. The lowest BCUT2D eigenvalue weighted by Gasteiger charge is -2.06. The van der Waals surface area contributed by atoms with E-state index in [1.807, 2.05) is 6.92 Å². The van der Waals surface area contributed by atoms with Gasteiger partial charge in [-0.15, -0.1) is 0 Å². The largest absolute Gasteiger partial charge is 0.496 e. The van der Waals surface area contributed by atoms with Gasteiger partial charge in [0.25, 0.3) is 0 Å². The predicted molar refractivity (Wildman–Crippen MR) is 105 cm³/mol. The molecule has 0 amide bonds. The molecule has 1 aromatic heterocycles. The number of aromatic nitrogens is 2. The number of aryl methyl sites for hydroxylation is 1. The van der Waals surface area contributed by atoms with Gasteiger partial charge in [0.15, 0.2) is 0 Å². The van der Waals surface area contributed by atoms with Crippen LogP contribution >= 0.6 is 0 Å². The molecule has 3 aromatic rings. The van der Waals surface area contributed by atoms with E-state index in [0.717, 1.165) is 11.3 Å². The van der Waals surface area contributed by atoms with E-state index >= 15 is 0 Å². The van der Waals surface area contributed by atoms with Crippen LogP contribution in [0, 0.1) is 10.1 Å². The summed E-state index contributed by atoms with van der Waals surface area (Å²) in [5, 5.41) is 15.1. The van der Waals surface area contributed by atoms with Crippen molar-refractivity contribution in [2.75, 3.05) is 13.7 Å². The second-order valence-corrected chi connectivity index (χ2v) is 6.03. The molecule has 0 unspecified atom stereocenters. The number of carbonyl (C=O) groups is 1. The number of nitro benzene ring substituents is 1. The first kappa shape index (κ1) is 20.8. The van der Waals surface area contributed by atoms with Crippen LogP contribution in [0.2, 0.25) is 0 Å². The Kier molecular flexibility index (Phi) is 6.58. The number of carbonyl (C=O) groups excluding carboxylic acids is 1. The van der Waals surface area contributed by atoms with Gasteiger partial charge in [-0.25, -0.2) is 0 Å². The fourth-order valence-electron chi connectivity index (χ4n) is 2.58. The minimum atomic E-state index is -0.663. The summed E-state index contributed by atoms with van der Waals surface area (Å²) in [5.41, 5.74) is 0.378. The van der Waals surface area contributed by atoms with Gasteiger partial charge in [-0.1, -0.05) is 5.16 Å². The molecular weight excluding hydrogens is 394 g/mol. The molecular formula is C20H19N3O7. The molecule has 10 nitrogen and oxygen atoms in total. The van der Waals surface area contributed by atoms with Crippen molar-refractivity contribution in [1.29, 1.82) is 0 Å². The fraction of sp³-hybridized carbons (Fsp3) is 0.250. The van der Waals surface area contributed by atoms with Crippen LogP contribution in [0.3, 0.4) is 0 Å². The lowest BCUT2D eigenvalue weighted by Crippen LogP contribution is -2.10. The van der Waals surface area contributed by atoms with Crippen molar-refractivity contribution in [1.82, 2.24) is 10.1 Å². The zero-order valence-electron chi connectivity index (χ0n) is 16.4. The topological polar surface area (TPSA) is 127 Å². The maximum Gasteiger partial charge on any atom is 0.315 e. The van der Waals surface area contributed by atoms with E-state index in [4.69, 9.17) is 18.7 Å². The molecule has 0 aliphatic carbocycles. The SMILES string of the molecule is CCOc1ccc(-c2noc(CCC(=O)Oc3ccc(OC)cc3[N+](=O)[O-])n2)cc1. The molecule has 10 heteroatoms. The Labute approximate surface area is 171 Å². The lowest BCUT2D eigenvalue weighted by atomic mass is 10.2. The quantitative estimate of drug-likeness (QED) is 0.224. The van der Waals surface area contributed by atoms with E-state index in [1.165, 1.54) is 25.3 Å². The van der Waals surface area contributed by atoms with Gasteiger partial charge in [0.2, 0.25) is 17.5 Å². The first-order valence-electron chi connectivity index (χ1n) is 9.09. The number of nitro groups is 1. The molecule has 156 valence electrons. The standard InChI is InChI=1S/C20H19N3O7/c1-3-28-14-6-4-13(5-7-14)20-21-18(30-22-20)10-11-19(24)29-17-9-8-15(27-2)12-16(17)23(25)26/h4-9,12H,3,10-11H2,1-2H3. The van der Waals surface area contributed by atoms with Crippen molar-refractivity contribution in [3.8, 4) is 28.6 Å². The van der Waals surface area contributed by atoms with E-state index in [2.05, 4.69) is 10.1 Å². The van der Waals surface area contributed by atoms with Crippen molar-refractivity contribution < 1.29 is 28.5 Å². The Morgan fingerprint density at radius 3 is 2.57 bits per heavy atom. The summed E-state index contributed by atoms with van der Waals surface area (Å²) in [6, 6.07) is 11.2. The van der Waals surface area contributed by atoms with Gasteiger partial charge in [-0.05, 0) is 43.3 Å². The summed E-state index contributed by atoms with van der Waals surface area (Å²) in [7, 11) is 1.39. The zero-order valence-corrected chi connectivity index (χ0v) is 16.4. The van der Waals surface area contributed by atoms with Crippen molar-refractivity contribution in [3.63, 3.8) is 0 Å². The van der Waals surface area contributed by atoms with Crippen molar-refractivity contribution >= 4 is 11.7 Å². The highest BCUT2D eigenvalue weighted by molar-refractivity contribution is 5.74. The summed E-state index contributed by atoms with van der Waals surface area (Å²) >= 11 is 0. The number of methoxy groups -OCH3 is 1. The van der Waals surface area contributed by atoms with Crippen LogP contribution in [0.25, 0.3) is 11.4 Å². The summed E-state index contributed by atoms with van der Waals surface area (Å²) in [5.74, 6) is 0.831. The average molecular weight is 413 g/mol. The van der Waals surface area contributed by atoms with Crippen molar-refractivity contribution in [2.24, 2.45) is 0 Å². The molecule has 0 spiro atoms. The first-order chi connectivity index (χ1) is 14.5. The van der Waals surface area contributed by atoms with Crippen LogP contribution in [0.4, 0.5) is 5.69 Å². The second-order valence-electron chi connectivity index (χ2n) is 6.03. The molecule has 0 saturated heterocycles. The lowest BCUT2D eigenvalue weighted by molar-refractivity contribution is -0.385. The highest BCUT2D eigenvalue weighted by atomic mass is 16.6. The highest BCUT2D eigenvalue weighted by Gasteiger charge is 2.20.